The van der Waals surface area contributed by atoms with E-state index in [4.69, 9.17) is 0 Å². The van der Waals surface area contributed by atoms with Gasteiger partial charge in [-0.3, -0.25) is 0 Å². The Labute approximate surface area is 126 Å². The maximum atomic E-state index is 10.7. The summed E-state index contributed by atoms with van der Waals surface area (Å²) >= 11 is 0. The number of rotatable bonds is 6. The van der Waals surface area contributed by atoms with Crippen molar-refractivity contribution < 1.29 is 5.11 Å². The van der Waals surface area contributed by atoms with Crippen LogP contribution in [0, 0.1) is 6.92 Å². The molecule has 1 aliphatic heterocycles. The highest BCUT2D eigenvalue weighted by Gasteiger charge is 2.30. The number of hydrogen-bond acceptors (Lipinski definition) is 6. The lowest BCUT2D eigenvalue weighted by Gasteiger charge is -2.30. The molecule has 7 nitrogen and oxygen atoms in total. The molecule has 1 atom stereocenters. The van der Waals surface area contributed by atoms with Gasteiger partial charge in [-0.05, 0) is 70.2 Å². The van der Waals surface area contributed by atoms with Crippen LogP contribution in [-0.2, 0) is 6.54 Å². The van der Waals surface area contributed by atoms with Crippen molar-refractivity contribution in [3.63, 3.8) is 0 Å². The molecule has 1 aromatic rings. The predicted molar refractivity (Wildman–Crippen MR) is 81.0 cm³/mol. The average molecular weight is 296 g/mol. The van der Waals surface area contributed by atoms with Gasteiger partial charge in [-0.25, -0.2) is 4.68 Å². The highest BCUT2D eigenvalue weighted by molar-refractivity contribution is 4.85. The number of likely N-dealkylation sites (N-methyl/N-ethyl adjacent to an activating group) is 1. The minimum absolute atomic E-state index is 0.523. The fraction of sp³-hybridized carbons (Fsp3) is 0.929. The van der Waals surface area contributed by atoms with E-state index in [1.807, 2.05) is 25.7 Å². The fourth-order valence-electron chi connectivity index (χ4n) is 3.11. The second-order valence-corrected chi connectivity index (χ2v) is 6.46. The number of likely N-dealkylation sites (tertiary alicyclic amines) is 1. The standard InChI is InChI=1S/C14H28N6O/c1-13-15-16-17-20(13)10-5-9-19-8-4-6-14(21,7-11-19)12-18(2)3/h21H,4-12H2,1-3H3/t14-/m1/s1. The molecule has 2 heterocycles. The van der Waals surface area contributed by atoms with Crippen LogP contribution < -0.4 is 0 Å². The topological polar surface area (TPSA) is 70.3 Å². The van der Waals surface area contributed by atoms with Crippen LogP contribution >= 0.6 is 0 Å². The summed E-state index contributed by atoms with van der Waals surface area (Å²) in [5.74, 6) is 0.867. The molecule has 0 saturated carbocycles. The first-order chi connectivity index (χ1) is 9.98. The molecule has 0 bridgehead atoms. The molecule has 1 saturated heterocycles. The van der Waals surface area contributed by atoms with E-state index in [9.17, 15) is 5.11 Å². The van der Waals surface area contributed by atoms with Gasteiger partial charge in [-0.2, -0.15) is 0 Å². The van der Waals surface area contributed by atoms with Crippen molar-refractivity contribution in [1.29, 1.82) is 0 Å². The Morgan fingerprint density at radius 2 is 2.05 bits per heavy atom. The van der Waals surface area contributed by atoms with Crippen molar-refractivity contribution in [2.75, 3.05) is 40.3 Å². The first kappa shape index (κ1) is 16.3. The number of aromatic nitrogens is 4. The van der Waals surface area contributed by atoms with Crippen LogP contribution in [0.1, 0.15) is 31.5 Å². The van der Waals surface area contributed by atoms with Crippen LogP contribution in [-0.4, -0.2) is 81.0 Å². The lowest BCUT2D eigenvalue weighted by atomic mass is 9.94. The van der Waals surface area contributed by atoms with E-state index in [1.54, 1.807) is 0 Å². The summed E-state index contributed by atoms with van der Waals surface area (Å²) in [5, 5.41) is 22.2. The molecular weight excluding hydrogens is 268 g/mol. The first-order valence-electron chi connectivity index (χ1n) is 7.81. The minimum Gasteiger partial charge on any atom is -0.389 e. The number of hydrogen-bond donors (Lipinski definition) is 1. The van der Waals surface area contributed by atoms with Gasteiger partial charge in [0, 0.05) is 19.6 Å². The zero-order valence-corrected chi connectivity index (χ0v) is 13.5. The van der Waals surface area contributed by atoms with Gasteiger partial charge in [0.15, 0.2) is 0 Å². The second-order valence-electron chi connectivity index (χ2n) is 6.46. The van der Waals surface area contributed by atoms with Crippen LogP contribution in [0.4, 0.5) is 0 Å². The average Bonchev–Trinajstić information content (AvgIpc) is 2.71. The van der Waals surface area contributed by atoms with Crippen molar-refractivity contribution in [1.82, 2.24) is 30.0 Å². The molecule has 1 N–H and O–H groups in total. The van der Waals surface area contributed by atoms with Crippen LogP contribution in [0.2, 0.25) is 0 Å². The van der Waals surface area contributed by atoms with Gasteiger partial charge in [0.1, 0.15) is 5.82 Å². The lowest BCUT2D eigenvalue weighted by Crippen LogP contribution is -2.41. The molecule has 1 aliphatic rings. The fourth-order valence-corrected chi connectivity index (χ4v) is 3.11. The van der Waals surface area contributed by atoms with E-state index in [-0.39, 0.29) is 0 Å². The molecule has 1 fully saturated rings. The van der Waals surface area contributed by atoms with Crippen molar-refractivity contribution in [3.8, 4) is 0 Å². The predicted octanol–water partition coefficient (Wildman–Crippen LogP) is 0.150. The summed E-state index contributed by atoms with van der Waals surface area (Å²) in [6.45, 7) is 6.62. The van der Waals surface area contributed by atoms with Crippen molar-refractivity contribution in [2.24, 2.45) is 0 Å². The summed E-state index contributed by atoms with van der Waals surface area (Å²) in [6.07, 6.45) is 3.86. The third-order valence-electron chi connectivity index (χ3n) is 4.18. The maximum absolute atomic E-state index is 10.7. The molecule has 0 unspecified atom stereocenters. The van der Waals surface area contributed by atoms with Crippen molar-refractivity contribution in [2.45, 2.75) is 44.8 Å². The van der Waals surface area contributed by atoms with Gasteiger partial charge < -0.3 is 14.9 Å². The summed E-state index contributed by atoms with van der Waals surface area (Å²) in [7, 11) is 4.05. The van der Waals surface area contributed by atoms with E-state index < -0.39 is 5.60 Å². The van der Waals surface area contributed by atoms with Crippen molar-refractivity contribution in [3.05, 3.63) is 5.82 Å². The molecule has 21 heavy (non-hydrogen) atoms. The number of nitrogens with zero attached hydrogens (tertiary/aromatic N) is 6. The van der Waals surface area contributed by atoms with Gasteiger partial charge >= 0.3 is 0 Å². The third-order valence-corrected chi connectivity index (χ3v) is 4.18. The quantitative estimate of drug-likeness (QED) is 0.806. The van der Waals surface area contributed by atoms with E-state index >= 15 is 0 Å². The van der Waals surface area contributed by atoms with Gasteiger partial charge in [0.05, 0.1) is 5.60 Å². The van der Waals surface area contributed by atoms with Crippen LogP contribution in [0.15, 0.2) is 0 Å². The van der Waals surface area contributed by atoms with E-state index in [0.29, 0.717) is 0 Å². The first-order valence-corrected chi connectivity index (χ1v) is 7.81. The zero-order chi connectivity index (χ0) is 15.3. The molecule has 0 aromatic carbocycles. The summed E-state index contributed by atoms with van der Waals surface area (Å²) < 4.78 is 1.85. The molecule has 2 rings (SSSR count). The largest absolute Gasteiger partial charge is 0.389 e. The zero-order valence-electron chi connectivity index (χ0n) is 13.5. The summed E-state index contributed by atoms with van der Waals surface area (Å²) in [5.41, 5.74) is -0.523. The van der Waals surface area contributed by atoms with Crippen molar-refractivity contribution >= 4 is 0 Å². The molecule has 7 heteroatoms. The Hall–Kier alpha value is -1.05. The Balaban J connectivity index is 1.74. The number of aliphatic hydroxyl groups is 1. The summed E-state index contributed by atoms with van der Waals surface area (Å²) in [4.78, 5) is 4.53. The Bertz CT molecular complexity index is 435. The normalized spacial score (nSPS) is 24.4. The molecular formula is C14H28N6O. The van der Waals surface area contributed by atoms with Crippen LogP contribution in [0.5, 0.6) is 0 Å². The van der Waals surface area contributed by atoms with Gasteiger partial charge in [-0.1, -0.05) is 0 Å². The molecule has 1 aromatic heterocycles. The molecule has 0 spiro atoms. The monoisotopic (exact) mass is 296 g/mol. The SMILES string of the molecule is Cc1nnnn1CCCN1CCC[C@](O)(CN(C)C)CC1. The smallest absolute Gasteiger partial charge is 0.148 e. The Morgan fingerprint density at radius 3 is 2.71 bits per heavy atom. The Kier molecular flexibility index (Phi) is 5.66. The van der Waals surface area contributed by atoms with Crippen LogP contribution in [0.3, 0.4) is 0 Å². The molecule has 0 amide bonds. The third kappa shape index (κ3) is 5.01. The van der Waals surface area contributed by atoms with Crippen LogP contribution in [0.25, 0.3) is 0 Å². The van der Waals surface area contributed by atoms with Gasteiger partial charge in [0.25, 0.3) is 0 Å². The molecule has 0 aliphatic carbocycles. The second kappa shape index (κ2) is 7.29. The highest BCUT2D eigenvalue weighted by atomic mass is 16.3. The molecule has 120 valence electrons. The van der Waals surface area contributed by atoms with E-state index in [2.05, 4.69) is 25.3 Å². The van der Waals surface area contributed by atoms with E-state index in [0.717, 1.165) is 64.2 Å². The lowest BCUT2D eigenvalue weighted by molar-refractivity contribution is 0.00271. The molecule has 0 radical (unpaired) electrons. The number of tetrazole rings is 1. The van der Waals surface area contributed by atoms with Gasteiger partial charge in [-0.15, -0.1) is 5.10 Å². The number of aryl methyl sites for hydroxylation is 2. The maximum Gasteiger partial charge on any atom is 0.148 e. The highest BCUT2D eigenvalue weighted by Crippen LogP contribution is 2.23. The van der Waals surface area contributed by atoms with Gasteiger partial charge in [0.2, 0.25) is 0 Å². The minimum atomic E-state index is -0.523. The summed E-state index contributed by atoms with van der Waals surface area (Å²) in [6, 6.07) is 0. The Morgan fingerprint density at radius 1 is 1.24 bits per heavy atom. The van der Waals surface area contributed by atoms with E-state index in [1.165, 1.54) is 0 Å².